The highest BCUT2D eigenvalue weighted by atomic mass is 35.5. The van der Waals surface area contributed by atoms with Gasteiger partial charge in [0, 0.05) is 22.9 Å². The fraction of sp³-hybridized carbons (Fsp3) is 0.227. The second-order valence-corrected chi connectivity index (χ2v) is 7.97. The molecule has 0 saturated carbocycles. The van der Waals surface area contributed by atoms with E-state index in [0.717, 1.165) is 38.5 Å². The van der Waals surface area contributed by atoms with Gasteiger partial charge in [0.05, 0.1) is 24.0 Å². The number of benzene rings is 2. The van der Waals surface area contributed by atoms with E-state index in [-0.39, 0.29) is 6.04 Å². The van der Waals surface area contributed by atoms with Crippen LogP contribution >= 0.6 is 22.9 Å². The van der Waals surface area contributed by atoms with Gasteiger partial charge in [0.25, 0.3) is 0 Å². The van der Waals surface area contributed by atoms with Crippen molar-refractivity contribution in [2.45, 2.75) is 19.9 Å². The van der Waals surface area contributed by atoms with Crippen LogP contribution in [0.4, 0.5) is 5.69 Å². The summed E-state index contributed by atoms with van der Waals surface area (Å²) in [6, 6.07) is 16.0. The van der Waals surface area contributed by atoms with E-state index in [4.69, 9.17) is 25.7 Å². The fourth-order valence-corrected chi connectivity index (χ4v) is 4.41. The predicted octanol–water partition coefficient (Wildman–Crippen LogP) is 6.36. The molecule has 1 atom stereocenters. The molecule has 0 aliphatic carbocycles. The molecule has 2 aromatic heterocycles. The van der Waals surface area contributed by atoms with Crippen LogP contribution in [0.1, 0.15) is 18.5 Å². The first-order chi connectivity index (χ1) is 13.6. The zero-order chi connectivity index (χ0) is 19.7. The lowest BCUT2D eigenvalue weighted by molar-refractivity contribution is 0.161. The molecule has 0 bridgehead atoms. The highest BCUT2D eigenvalue weighted by molar-refractivity contribution is 7.07. The van der Waals surface area contributed by atoms with Crippen molar-refractivity contribution < 1.29 is 9.15 Å². The van der Waals surface area contributed by atoms with Gasteiger partial charge in [-0.3, -0.25) is 0 Å². The van der Waals surface area contributed by atoms with Gasteiger partial charge in [-0.2, -0.15) is 0 Å². The summed E-state index contributed by atoms with van der Waals surface area (Å²) in [5, 5.41) is 3.88. The van der Waals surface area contributed by atoms with E-state index in [1.807, 2.05) is 43.3 Å². The number of aromatic nitrogens is 1. The summed E-state index contributed by atoms with van der Waals surface area (Å²) in [6.07, 6.45) is 0. The number of rotatable bonds is 5. The Morgan fingerprint density at radius 1 is 1.21 bits per heavy atom. The van der Waals surface area contributed by atoms with Gasteiger partial charge in [-0.1, -0.05) is 35.9 Å². The van der Waals surface area contributed by atoms with Crippen LogP contribution in [0.3, 0.4) is 0 Å². The van der Waals surface area contributed by atoms with Gasteiger partial charge in [0.1, 0.15) is 5.58 Å². The van der Waals surface area contributed by atoms with Gasteiger partial charge in [-0.05, 0) is 43.7 Å². The molecule has 4 rings (SSSR count). The van der Waals surface area contributed by atoms with Crippen LogP contribution in [-0.4, -0.2) is 18.3 Å². The summed E-state index contributed by atoms with van der Waals surface area (Å²) in [7, 11) is 1.71. The second kappa shape index (κ2) is 7.95. The molecule has 0 spiro atoms. The number of ether oxygens (including phenoxy) is 1. The number of fused-ring (bicyclic) bond motifs is 1. The molecule has 0 fully saturated rings. The Hall–Kier alpha value is -2.34. The summed E-state index contributed by atoms with van der Waals surface area (Å²) in [5.74, 6) is 0.824. The number of methoxy groups -OCH3 is 1. The lowest BCUT2D eigenvalue weighted by atomic mass is 10.2. The van der Waals surface area contributed by atoms with Gasteiger partial charge < -0.3 is 13.7 Å². The molecular weight excluding hydrogens is 392 g/mol. The summed E-state index contributed by atoms with van der Waals surface area (Å²) in [6.45, 7) is 4.68. The summed E-state index contributed by atoms with van der Waals surface area (Å²) >= 11 is 7.86. The van der Waals surface area contributed by atoms with Crippen molar-refractivity contribution in [2.75, 3.05) is 13.7 Å². The number of halogens is 1. The van der Waals surface area contributed by atoms with Crippen molar-refractivity contribution >= 4 is 39.6 Å². The van der Waals surface area contributed by atoms with Crippen LogP contribution in [0, 0.1) is 6.92 Å². The maximum atomic E-state index is 6.28. The van der Waals surface area contributed by atoms with Crippen LogP contribution in [0.2, 0.25) is 5.02 Å². The fourth-order valence-electron chi connectivity index (χ4n) is 3.25. The molecule has 4 nitrogen and oxygen atoms in total. The topological polar surface area (TPSA) is 39.7 Å². The number of para-hydroxylation sites is 1. The first-order valence-corrected chi connectivity index (χ1v) is 10.3. The second-order valence-electron chi connectivity index (χ2n) is 6.72. The normalized spacial score (nSPS) is 13.4. The minimum absolute atomic E-state index is 0.0951. The van der Waals surface area contributed by atoms with E-state index in [1.165, 1.54) is 0 Å². The largest absolute Gasteiger partial charge is 0.454 e. The molecule has 0 radical (unpaired) electrons. The number of nitrogens with zero attached hydrogens (tertiary/aromatic N) is 2. The molecule has 2 aromatic carbocycles. The number of hydrogen-bond donors (Lipinski definition) is 0. The first-order valence-electron chi connectivity index (χ1n) is 9.06. The zero-order valence-electron chi connectivity index (χ0n) is 16.0. The van der Waals surface area contributed by atoms with Gasteiger partial charge >= 0.3 is 0 Å². The molecule has 144 valence electrons. The molecule has 1 unspecified atom stereocenters. The van der Waals surface area contributed by atoms with Gasteiger partial charge in [-0.15, -0.1) is 11.3 Å². The van der Waals surface area contributed by atoms with Gasteiger partial charge in [0.15, 0.2) is 10.6 Å². The lowest BCUT2D eigenvalue weighted by Crippen LogP contribution is -2.22. The van der Waals surface area contributed by atoms with Crippen LogP contribution in [0.5, 0.6) is 0 Å². The molecule has 0 aliphatic heterocycles. The summed E-state index contributed by atoms with van der Waals surface area (Å²) in [4.78, 5) is 5.78. The standard InChI is InChI=1S/C22H21ClN2O2S/c1-14(12-26-3)25-19(21-11-16-7-4-5-10-20(16)27-21)13-28-22(25)24-18-9-6-8-17(23)15(18)2/h4-11,13-14H,12H2,1-3H3. The minimum Gasteiger partial charge on any atom is -0.454 e. The SMILES string of the molecule is COCC(C)n1c(-c2cc3ccccc3o2)csc1=Nc1cccc(Cl)c1C. The number of thiazole rings is 1. The average molecular weight is 413 g/mol. The van der Waals surface area contributed by atoms with Crippen molar-refractivity contribution in [2.24, 2.45) is 4.99 Å². The van der Waals surface area contributed by atoms with Crippen LogP contribution in [-0.2, 0) is 4.74 Å². The molecular formula is C22H21ClN2O2S. The Morgan fingerprint density at radius 2 is 2.04 bits per heavy atom. The molecule has 0 aliphatic rings. The van der Waals surface area contributed by atoms with E-state index in [9.17, 15) is 0 Å². The van der Waals surface area contributed by atoms with Crippen LogP contribution < -0.4 is 4.80 Å². The smallest absolute Gasteiger partial charge is 0.190 e. The van der Waals surface area contributed by atoms with Crippen molar-refractivity contribution in [1.82, 2.24) is 4.57 Å². The first kappa shape index (κ1) is 19.0. The minimum atomic E-state index is 0.0951. The van der Waals surface area contributed by atoms with Gasteiger partial charge in [0.2, 0.25) is 0 Å². The van der Waals surface area contributed by atoms with E-state index in [1.54, 1.807) is 18.4 Å². The van der Waals surface area contributed by atoms with E-state index >= 15 is 0 Å². The quantitative estimate of drug-likeness (QED) is 0.382. The number of hydrogen-bond acceptors (Lipinski definition) is 4. The third-order valence-corrected chi connectivity index (χ3v) is 5.97. The predicted molar refractivity (Wildman–Crippen MR) is 116 cm³/mol. The monoisotopic (exact) mass is 412 g/mol. The van der Waals surface area contributed by atoms with Crippen LogP contribution in [0.25, 0.3) is 22.4 Å². The van der Waals surface area contributed by atoms with Crippen molar-refractivity contribution in [3.63, 3.8) is 0 Å². The maximum absolute atomic E-state index is 6.28. The Bertz CT molecular complexity index is 1160. The van der Waals surface area contributed by atoms with Crippen molar-refractivity contribution in [1.29, 1.82) is 0 Å². The summed E-state index contributed by atoms with van der Waals surface area (Å²) < 4.78 is 13.7. The maximum Gasteiger partial charge on any atom is 0.190 e. The Morgan fingerprint density at radius 3 is 2.82 bits per heavy atom. The van der Waals surface area contributed by atoms with E-state index in [2.05, 4.69) is 29.0 Å². The molecule has 0 N–H and O–H groups in total. The third kappa shape index (κ3) is 3.53. The van der Waals surface area contributed by atoms with Gasteiger partial charge in [-0.25, -0.2) is 4.99 Å². The van der Waals surface area contributed by atoms with Crippen molar-refractivity contribution in [3.05, 3.63) is 69.3 Å². The molecule has 4 aromatic rings. The van der Waals surface area contributed by atoms with Crippen LogP contribution in [0.15, 0.2) is 63.3 Å². The molecule has 2 heterocycles. The summed E-state index contributed by atoms with van der Waals surface area (Å²) in [5.41, 5.74) is 3.70. The highest BCUT2D eigenvalue weighted by Gasteiger charge is 2.17. The average Bonchev–Trinajstić information content (AvgIpc) is 3.29. The number of furan rings is 1. The Kier molecular flexibility index (Phi) is 5.40. The third-order valence-electron chi connectivity index (χ3n) is 4.72. The Balaban J connectivity index is 1.90. The Labute approximate surface area is 172 Å². The lowest BCUT2D eigenvalue weighted by Gasteiger charge is -2.15. The van der Waals surface area contributed by atoms with Crippen molar-refractivity contribution in [3.8, 4) is 11.5 Å². The molecule has 6 heteroatoms. The molecule has 28 heavy (non-hydrogen) atoms. The highest BCUT2D eigenvalue weighted by Crippen LogP contribution is 2.30. The molecule has 0 amide bonds. The van der Waals surface area contributed by atoms with E-state index < -0.39 is 0 Å². The zero-order valence-corrected chi connectivity index (χ0v) is 17.6. The van der Waals surface area contributed by atoms with E-state index in [0.29, 0.717) is 11.6 Å². The molecule has 0 saturated heterocycles.